The van der Waals surface area contributed by atoms with E-state index in [0.717, 1.165) is 12.3 Å². The van der Waals surface area contributed by atoms with E-state index in [1.54, 1.807) is 24.3 Å². The maximum Gasteiger partial charge on any atom is 0.392 e. The molecule has 0 aromatic heterocycles. The first-order chi connectivity index (χ1) is 9.70. The van der Waals surface area contributed by atoms with Crippen LogP contribution in [0.3, 0.4) is 0 Å². The first-order valence-electron chi connectivity index (χ1n) is 6.19. The van der Waals surface area contributed by atoms with Gasteiger partial charge in [0.05, 0.1) is 11.8 Å². The van der Waals surface area contributed by atoms with Gasteiger partial charge in [0.15, 0.2) is 0 Å². The minimum Gasteiger partial charge on any atom is -0.481 e. The van der Waals surface area contributed by atoms with Gasteiger partial charge in [-0.05, 0) is 28.5 Å². The number of hydrogen-bond donors (Lipinski definition) is 1. The smallest absolute Gasteiger partial charge is 0.392 e. The van der Waals surface area contributed by atoms with Crippen molar-refractivity contribution in [3.63, 3.8) is 0 Å². The molecule has 0 aliphatic carbocycles. The summed E-state index contributed by atoms with van der Waals surface area (Å²) in [4.78, 5) is 11.3. The van der Waals surface area contributed by atoms with Crippen LogP contribution in [0.25, 0.3) is 10.8 Å². The molecule has 0 fully saturated rings. The van der Waals surface area contributed by atoms with Gasteiger partial charge in [-0.1, -0.05) is 42.8 Å². The summed E-state index contributed by atoms with van der Waals surface area (Å²) in [7, 11) is 0. The maximum atomic E-state index is 12.8. The first kappa shape index (κ1) is 15.6. The van der Waals surface area contributed by atoms with E-state index in [9.17, 15) is 18.0 Å². The molecule has 0 heterocycles. The number of halogens is 4. The van der Waals surface area contributed by atoms with Crippen molar-refractivity contribution in [2.24, 2.45) is 5.92 Å². The number of aliphatic carboxylic acids is 1. The zero-order valence-corrected chi connectivity index (χ0v) is 11.7. The molecule has 112 valence electrons. The third kappa shape index (κ3) is 3.29. The van der Waals surface area contributed by atoms with E-state index in [0.29, 0.717) is 10.4 Å². The van der Waals surface area contributed by atoms with Crippen LogP contribution < -0.4 is 0 Å². The van der Waals surface area contributed by atoms with Gasteiger partial charge < -0.3 is 5.11 Å². The minimum atomic E-state index is -4.57. The number of alkyl halides is 3. The molecule has 2 atom stereocenters. The van der Waals surface area contributed by atoms with Crippen molar-refractivity contribution in [1.29, 1.82) is 0 Å². The van der Waals surface area contributed by atoms with Crippen LogP contribution in [0.5, 0.6) is 0 Å². The number of rotatable bonds is 3. The molecule has 1 N–H and O–H groups in total. The van der Waals surface area contributed by atoms with E-state index < -0.39 is 24.0 Å². The molecule has 0 saturated carbocycles. The lowest BCUT2D eigenvalue weighted by Crippen LogP contribution is -2.31. The molecule has 0 amide bonds. The molecular formula is C15H12ClF3O2. The molecule has 0 aliphatic rings. The topological polar surface area (TPSA) is 37.3 Å². The summed E-state index contributed by atoms with van der Waals surface area (Å²) in [5, 5.41) is 11.1. The molecule has 1 unspecified atom stereocenters. The molecule has 0 radical (unpaired) electrons. The Bertz CT molecular complexity index is 682. The fraction of sp³-hybridized carbons (Fsp3) is 0.267. The summed E-state index contributed by atoms with van der Waals surface area (Å²) < 4.78 is 38.5. The maximum absolute atomic E-state index is 12.8. The largest absolute Gasteiger partial charge is 0.481 e. The Labute approximate surface area is 124 Å². The fourth-order valence-electron chi connectivity index (χ4n) is 2.26. The number of carboxylic acid groups (broad SMARTS) is 1. The lowest BCUT2D eigenvalue weighted by molar-refractivity contribution is -0.183. The van der Waals surface area contributed by atoms with Crippen molar-refractivity contribution >= 4 is 28.3 Å². The molecule has 2 aromatic carbocycles. The minimum absolute atomic E-state index is 0.127. The predicted octanol–water partition coefficient (Wildman–Crippen LogP) is 4.86. The molecule has 0 saturated heterocycles. The number of benzene rings is 2. The molecular weight excluding hydrogens is 305 g/mol. The highest BCUT2D eigenvalue weighted by molar-refractivity contribution is 6.31. The van der Waals surface area contributed by atoms with Gasteiger partial charge in [-0.2, -0.15) is 13.2 Å². The molecule has 0 aliphatic heterocycles. The van der Waals surface area contributed by atoms with Gasteiger partial charge in [0.1, 0.15) is 0 Å². The van der Waals surface area contributed by atoms with Crippen LogP contribution in [0, 0.1) is 5.92 Å². The quantitative estimate of drug-likeness (QED) is 0.878. The van der Waals surface area contributed by atoms with Gasteiger partial charge in [-0.15, -0.1) is 0 Å². The van der Waals surface area contributed by atoms with E-state index in [4.69, 9.17) is 16.7 Å². The van der Waals surface area contributed by atoms with Crippen molar-refractivity contribution in [1.82, 2.24) is 0 Å². The van der Waals surface area contributed by atoms with E-state index >= 15 is 0 Å². The Hall–Kier alpha value is -1.75. The van der Waals surface area contributed by atoms with Crippen LogP contribution in [0.4, 0.5) is 13.2 Å². The Morgan fingerprint density at radius 1 is 1.14 bits per heavy atom. The van der Waals surface area contributed by atoms with Crippen molar-refractivity contribution in [3.8, 4) is 0 Å². The zero-order chi connectivity index (χ0) is 15.8. The van der Waals surface area contributed by atoms with Crippen molar-refractivity contribution < 1.29 is 23.1 Å². The Morgan fingerprint density at radius 2 is 1.71 bits per heavy atom. The lowest BCUT2D eigenvalue weighted by Gasteiger charge is -2.23. The summed E-state index contributed by atoms with van der Waals surface area (Å²) in [5.41, 5.74) is 0.127. The van der Waals surface area contributed by atoms with E-state index in [2.05, 4.69) is 0 Å². The molecule has 0 bridgehead atoms. The van der Waals surface area contributed by atoms with Crippen molar-refractivity contribution in [2.45, 2.75) is 19.0 Å². The average molecular weight is 317 g/mol. The van der Waals surface area contributed by atoms with Crippen LogP contribution in [0.2, 0.25) is 5.02 Å². The average Bonchev–Trinajstić information content (AvgIpc) is 2.37. The number of carbonyl (C=O) groups is 1. The van der Waals surface area contributed by atoms with Gasteiger partial charge in [0, 0.05) is 5.02 Å². The summed E-state index contributed by atoms with van der Waals surface area (Å²) in [6, 6.07) is 9.38. The van der Waals surface area contributed by atoms with Crippen molar-refractivity contribution in [3.05, 3.63) is 47.0 Å². The molecule has 2 nitrogen and oxygen atoms in total. The second kappa shape index (κ2) is 5.56. The monoisotopic (exact) mass is 316 g/mol. The van der Waals surface area contributed by atoms with Gasteiger partial charge >= 0.3 is 12.1 Å². The van der Waals surface area contributed by atoms with Gasteiger partial charge in [-0.3, -0.25) is 4.79 Å². The van der Waals surface area contributed by atoms with Gasteiger partial charge in [0.25, 0.3) is 0 Å². The van der Waals surface area contributed by atoms with E-state index in [1.807, 2.05) is 0 Å². The summed E-state index contributed by atoms with van der Waals surface area (Å²) >= 11 is 5.84. The molecule has 6 heteroatoms. The second-order valence-electron chi connectivity index (χ2n) is 4.90. The second-order valence-corrected chi connectivity index (χ2v) is 5.33. The molecule has 2 aromatic rings. The predicted molar refractivity (Wildman–Crippen MR) is 74.6 cm³/mol. The SMILES string of the molecule is C[C@H](C(C(=O)O)c1ccc2cc(Cl)ccc2c1)C(F)(F)F. The lowest BCUT2D eigenvalue weighted by atomic mass is 9.86. The number of hydrogen-bond acceptors (Lipinski definition) is 1. The van der Waals surface area contributed by atoms with Crippen LogP contribution in [-0.4, -0.2) is 17.3 Å². The molecule has 2 rings (SSSR count). The Balaban J connectivity index is 2.51. The standard InChI is InChI=1S/C15H12ClF3O2/c1-8(15(17,18)19)13(14(20)21)11-3-2-10-7-12(16)5-4-9(10)6-11/h2-8,13H,1H3,(H,20,21)/t8-,13?/m1/s1. The van der Waals surface area contributed by atoms with Crippen LogP contribution in [0.15, 0.2) is 36.4 Å². The highest BCUT2D eigenvalue weighted by Crippen LogP contribution is 2.38. The highest BCUT2D eigenvalue weighted by Gasteiger charge is 2.45. The summed E-state index contributed by atoms with van der Waals surface area (Å²) in [6.07, 6.45) is -4.57. The third-order valence-electron chi connectivity index (χ3n) is 3.47. The number of fused-ring (bicyclic) bond motifs is 1. The molecule has 0 spiro atoms. The van der Waals surface area contributed by atoms with E-state index in [-0.39, 0.29) is 5.56 Å². The zero-order valence-electron chi connectivity index (χ0n) is 11.0. The third-order valence-corrected chi connectivity index (χ3v) is 3.70. The van der Waals surface area contributed by atoms with Gasteiger partial charge in [-0.25, -0.2) is 0 Å². The van der Waals surface area contributed by atoms with Crippen molar-refractivity contribution in [2.75, 3.05) is 0 Å². The van der Waals surface area contributed by atoms with Crippen LogP contribution >= 0.6 is 11.6 Å². The Kier molecular flexibility index (Phi) is 4.14. The number of carboxylic acids is 1. The first-order valence-corrected chi connectivity index (χ1v) is 6.56. The Morgan fingerprint density at radius 3 is 2.29 bits per heavy atom. The highest BCUT2D eigenvalue weighted by atomic mass is 35.5. The van der Waals surface area contributed by atoms with Gasteiger partial charge in [0.2, 0.25) is 0 Å². The normalized spacial score (nSPS) is 14.9. The van der Waals surface area contributed by atoms with E-state index in [1.165, 1.54) is 12.1 Å². The fourth-order valence-corrected chi connectivity index (χ4v) is 2.44. The summed E-state index contributed by atoms with van der Waals surface area (Å²) in [5.74, 6) is -5.10. The molecule has 21 heavy (non-hydrogen) atoms. The van der Waals surface area contributed by atoms with Crippen LogP contribution in [-0.2, 0) is 4.79 Å². The van der Waals surface area contributed by atoms with Crippen LogP contribution in [0.1, 0.15) is 18.4 Å². The summed E-state index contributed by atoms with van der Waals surface area (Å²) in [6.45, 7) is 0.880.